The summed E-state index contributed by atoms with van der Waals surface area (Å²) in [6.07, 6.45) is 4.61. The van der Waals surface area contributed by atoms with Gasteiger partial charge in [0.25, 0.3) is 0 Å². The van der Waals surface area contributed by atoms with E-state index in [1.807, 2.05) is 6.07 Å². The van der Waals surface area contributed by atoms with E-state index in [0.29, 0.717) is 16.8 Å². The Balaban J connectivity index is 1.65. The predicted molar refractivity (Wildman–Crippen MR) is 70.9 cm³/mol. The Labute approximate surface area is 110 Å². The second-order valence-corrected chi connectivity index (χ2v) is 6.82. The lowest BCUT2D eigenvalue weighted by Crippen LogP contribution is -2.29. The minimum Gasteiger partial charge on any atom is -0.313 e. The van der Waals surface area contributed by atoms with Crippen LogP contribution in [0.5, 0.6) is 0 Å². The van der Waals surface area contributed by atoms with E-state index >= 15 is 0 Å². The first-order valence-electron chi connectivity index (χ1n) is 6.26. The van der Waals surface area contributed by atoms with Gasteiger partial charge in [0, 0.05) is 12.5 Å². The third kappa shape index (κ3) is 2.28. The molecule has 2 aliphatic rings. The largest absolute Gasteiger partial charge is 0.313 e. The molecule has 1 aromatic heterocycles. The molecular formula is C13H16ClNOS. The zero-order valence-corrected chi connectivity index (χ0v) is 11.2. The summed E-state index contributed by atoms with van der Waals surface area (Å²) < 4.78 is 0.700. The van der Waals surface area contributed by atoms with Gasteiger partial charge in [0.15, 0.2) is 5.78 Å². The van der Waals surface area contributed by atoms with Crippen LogP contribution in [0.3, 0.4) is 0 Å². The van der Waals surface area contributed by atoms with Crippen LogP contribution in [0.25, 0.3) is 0 Å². The van der Waals surface area contributed by atoms with Crippen molar-refractivity contribution >= 4 is 28.7 Å². The van der Waals surface area contributed by atoms with Gasteiger partial charge in [-0.1, -0.05) is 18.0 Å². The summed E-state index contributed by atoms with van der Waals surface area (Å²) in [5.74, 6) is 1.79. The van der Waals surface area contributed by atoms with Crippen molar-refractivity contribution in [3.05, 3.63) is 21.3 Å². The third-order valence-electron chi connectivity index (χ3n) is 4.13. The number of hydrogen-bond acceptors (Lipinski definition) is 3. The Bertz CT molecular complexity index is 431. The zero-order chi connectivity index (χ0) is 11.8. The van der Waals surface area contributed by atoms with Gasteiger partial charge < -0.3 is 5.32 Å². The van der Waals surface area contributed by atoms with E-state index in [0.717, 1.165) is 23.3 Å². The molecule has 1 aliphatic heterocycles. The lowest BCUT2D eigenvalue weighted by Gasteiger charge is -2.16. The van der Waals surface area contributed by atoms with Crippen molar-refractivity contribution in [3.8, 4) is 0 Å². The molecule has 1 N–H and O–H groups in total. The summed E-state index contributed by atoms with van der Waals surface area (Å²) in [6, 6.07) is 4.05. The predicted octanol–water partition coefficient (Wildman–Crippen LogP) is 3.36. The van der Waals surface area contributed by atoms with Gasteiger partial charge >= 0.3 is 0 Å². The molecule has 17 heavy (non-hydrogen) atoms. The summed E-state index contributed by atoms with van der Waals surface area (Å²) in [7, 11) is 0. The molecule has 1 aliphatic carbocycles. The molecule has 1 aromatic rings. The van der Waals surface area contributed by atoms with Gasteiger partial charge in [-0.3, -0.25) is 4.79 Å². The second kappa shape index (κ2) is 4.71. The van der Waals surface area contributed by atoms with Crippen LogP contribution in [-0.2, 0) is 0 Å². The average molecular weight is 270 g/mol. The van der Waals surface area contributed by atoms with Crippen LogP contribution >= 0.6 is 22.9 Å². The number of hydrogen-bond donors (Lipinski definition) is 1. The van der Waals surface area contributed by atoms with Gasteiger partial charge in [0.1, 0.15) is 0 Å². The van der Waals surface area contributed by atoms with Crippen LogP contribution in [0.2, 0.25) is 4.34 Å². The van der Waals surface area contributed by atoms with Gasteiger partial charge in [-0.25, -0.2) is 0 Å². The van der Waals surface area contributed by atoms with E-state index in [2.05, 4.69) is 5.32 Å². The first kappa shape index (κ1) is 11.7. The Hall–Kier alpha value is -0.380. The smallest absolute Gasteiger partial charge is 0.174 e. The SMILES string of the molecule is O=C(CC1NCC2CCCC21)c1ccc(Cl)s1. The molecule has 2 fully saturated rings. The molecule has 1 saturated heterocycles. The van der Waals surface area contributed by atoms with Crippen molar-refractivity contribution in [1.29, 1.82) is 0 Å². The summed E-state index contributed by atoms with van der Waals surface area (Å²) in [5, 5.41) is 3.52. The van der Waals surface area contributed by atoms with Crippen molar-refractivity contribution in [1.82, 2.24) is 5.32 Å². The van der Waals surface area contributed by atoms with Crippen LogP contribution < -0.4 is 5.32 Å². The van der Waals surface area contributed by atoms with Gasteiger partial charge in [-0.05, 0) is 43.4 Å². The number of rotatable bonds is 3. The highest BCUT2D eigenvalue weighted by atomic mass is 35.5. The first-order chi connectivity index (χ1) is 8.24. The van der Waals surface area contributed by atoms with Crippen LogP contribution in [0.4, 0.5) is 0 Å². The highest BCUT2D eigenvalue weighted by molar-refractivity contribution is 7.18. The topological polar surface area (TPSA) is 29.1 Å². The van der Waals surface area contributed by atoms with E-state index in [4.69, 9.17) is 11.6 Å². The number of Topliss-reactive ketones (excluding diaryl/α,β-unsaturated/α-hetero) is 1. The zero-order valence-electron chi connectivity index (χ0n) is 9.62. The Morgan fingerprint density at radius 2 is 2.35 bits per heavy atom. The summed E-state index contributed by atoms with van der Waals surface area (Å²) in [4.78, 5) is 12.9. The van der Waals surface area contributed by atoms with Gasteiger partial charge in [0.05, 0.1) is 9.21 Å². The fourth-order valence-corrected chi connectivity index (χ4v) is 4.28. The quantitative estimate of drug-likeness (QED) is 0.853. The van der Waals surface area contributed by atoms with Crippen molar-refractivity contribution in [2.45, 2.75) is 31.7 Å². The molecule has 2 heterocycles. The third-order valence-corrected chi connectivity index (χ3v) is 5.40. The molecular weight excluding hydrogens is 254 g/mol. The fraction of sp³-hybridized carbons (Fsp3) is 0.615. The Morgan fingerprint density at radius 3 is 3.12 bits per heavy atom. The molecule has 0 spiro atoms. The van der Waals surface area contributed by atoms with Crippen molar-refractivity contribution in [2.75, 3.05) is 6.54 Å². The van der Waals surface area contributed by atoms with Crippen molar-refractivity contribution in [2.24, 2.45) is 11.8 Å². The van der Waals surface area contributed by atoms with E-state index in [-0.39, 0.29) is 5.78 Å². The van der Waals surface area contributed by atoms with E-state index in [9.17, 15) is 4.79 Å². The molecule has 1 saturated carbocycles. The number of nitrogens with one attached hydrogen (secondary N) is 1. The molecule has 2 nitrogen and oxygen atoms in total. The van der Waals surface area contributed by atoms with E-state index < -0.39 is 0 Å². The molecule has 0 amide bonds. The number of carbonyl (C=O) groups excluding carboxylic acids is 1. The molecule has 3 atom stereocenters. The molecule has 3 unspecified atom stereocenters. The molecule has 0 bridgehead atoms. The van der Waals surface area contributed by atoms with Gasteiger partial charge in [0.2, 0.25) is 0 Å². The summed E-state index contributed by atoms with van der Waals surface area (Å²) >= 11 is 7.25. The van der Waals surface area contributed by atoms with E-state index in [1.54, 1.807) is 6.07 Å². The highest BCUT2D eigenvalue weighted by Gasteiger charge is 2.39. The summed E-state index contributed by atoms with van der Waals surface area (Å²) in [5.41, 5.74) is 0. The van der Waals surface area contributed by atoms with Gasteiger partial charge in [-0.2, -0.15) is 0 Å². The summed E-state index contributed by atoms with van der Waals surface area (Å²) in [6.45, 7) is 1.10. The standard InChI is InChI=1S/C13H16ClNOS/c14-13-5-4-12(17-13)11(16)6-10-9-3-1-2-8(9)7-15-10/h4-5,8-10,15H,1-3,6-7H2. The van der Waals surface area contributed by atoms with Crippen LogP contribution in [0.1, 0.15) is 35.4 Å². The average Bonchev–Trinajstić information content (AvgIpc) is 2.96. The maximum atomic E-state index is 12.1. The second-order valence-electron chi connectivity index (χ2n) is 5.10. The Kier molecular flexibility index (Phi) is 3.24. The lowest BCUT2D eigenvalue weighted by molar-refractivity contribution is 0.0967. The van der Waals surface area contributed by atoms with Crippen LogP contribution in [-0.4, -0.2) is 18.4 Å². The molecule has 92 valence electrons. The maximum absolute atomic E-state index is 12.1. The van der Waals surface area contributed by atoms with Crippen molar-refractivity contribution < 1.29 is 4.79 Å². The number of carbonyl (C=O) groups is 1. The highest BCUT2D eigenvalue weighted by Crippen LogP contribution is 2.39. The molecule has 0 radical (unpaired) electrons. The maximum Gasteiger partial charge on any atom is 0.174 e. The van der Waals surface area contributed by atoms with Crippen LogP contribution in [0.15, 0.2) is 12.1 Å². The normalized spacial score (nSPS) is 31.7. The van der Waals surface area contributed by atoms with Gasteiger partial charge in [-0.15, -0.1) is 11.3 Å². The number of thiophene rings is 1. The van der Waals surface area contributed by atoms with E-state index in [1.165, 1.54) is 30.6 Å². The van der Waals surface area contributed by atoms with Crippen molar-refractivity contribution in [3.63, 3.8) is 0 Å². The van der Waals surface area contributed by atoms with Crippen LogP contribution in [0, 0.1) is 11.8 Å². The fourth-order valence-electron chi connectivity index (χ4n) is 3.29. The minimum absolute atomic E-state index is 0.243. The first-order valence-corrected chi connectivity index (χ1v) is 7.45. The number of fused-ring (bicyclic) bond motifs is 1. The molecule has 3 rings (SSSR count). The Morgan fingerprint density at radius 1 is 1.47 bits per heavy atom. The minimum atomic E-state index is 0.243. The number of halogens is 1. The molecule has 4 heteroatoms. The lowest BCUT2D eigenvalue weighted by atomic mass is 9.91. The number of ketones is 1. The molecule has 0 aromatic carbocycles. The monoisotopic (exact) mass is 269 g/mol.